The number of aromatic nitrogens is 3. The monoisotopic (exact) mass is 440 g/mol. The number of hydrogen-bond acceptors (Lipinski definition) is 7. The van der Waals surface area contributed by atoms with Gasteiger partial charge in [0.15, 0.2) is 0 Å². The molecular weight excluding hydrogens is 415 g/mol. The number of carbonyl (C=O) groups is 1. The third-order valence-corrected chi connectivity index (χ3v) is 6.20. The predicted octanol–water partition coefficient (Wildman–Crippen LogP) is 4.20. The zero-order valence-corrected chi connectivity index (χ0v) is 18.2. The minimum absolute atomic E-state index is 0.211. The average Bonchev–Trinajstić information content (AvgIpc) is 3.23. The predicted molar refractivity (Wildman–Crippen MR) is 120 cm³/mol. The van der Waals surface area contributed by atoms with E-state index in [0.717, 1.165) is 54.0 Å². The molecule has 31 heavy (non-hydrogen) atoms. The molecule has 0 radical (unpaired) electrons. The summed E-state index contributed by atoms with van der Waals surface area (Å²) < 4.78 is 13.8. The molecule has 1 saturated heterocycles. The molecule has 7 nitrogen and oxygen atoms in total. The molecule has 0 bridgehead atoms. The summed E-state index contributed by atoms with van der Waals surface area (Å²) in [5.41, 5.74) is 1.20. The lowest BCUT2D eigenvalue weighted by Gasteiger charge is -2.32. The highest BCUT2D eigenvalue weighted by Gasteiger charge is 2.24. The highest BCUT2D eigenvalue weighted by atomic mass is 32.1. The number of likely N-dealkylation sites (tertiary alicyclic amines) is 1. The number of rotatable bonds is 7. The summed E-state index contributed by atoms with van der Waals surface area (Å²) in [7, 11) is 0. The summed E-state index contributed by atoms with van der Waals surface area (Å²) in [4.78, 5) is 19.3. The van der Waals surface area contributed by atoms with Crippen LogP contribution in [0.15, 0.2) is 42.5 Å². The molecule has 0 unspecified atom stereocenters. The number of carbonyl (C=O) groups excluding carboxylic acids is 1. The molecule has 0 aliphatic carbocycles. The van der Waals surface area contributed by atoms with Crippen molar-refractivity contribution in [2.24, 2.45) is 0 Å². The lowest BCUT2D eigenvalue weighted by Crippen LogP contribution is -2.40. The highest BCUT2D eigenvalue weighted by Crippen LogP contribution is 2.27. The van der Waals surface area contributed by atoms with Crippen molar-refractivity contribution in [3.05, 3.63) is 59.0 Å². The number of piperidine rings is 1. The van der Waals surface area contributed by atoms with Crippen molar-refractivity contribution in [2.45, 2.75) is 32.1 Å². The van der Waals surface area contributed by atoms with E-state index < -0.39 is 5.82 Å². The summed E-state index contributed by atoms with van der Waals surface area (Å²) in [6, 6.07) is 12.1. The van der Waals surface area contributed by atoms with Crippen LogP contribution in [0.3, 0.4) is 0 Å². The van der Waals surface area contributed by atoms with Crippen LogP contribution < -0.4 is 10.6 Å². The molecule has 2 N–H and O–H groups in total. The average molecular weight is 441 g/mol. The van der Waals surface area contributed by atoms with Crippen LogP contribution in [0.25, 0.3) is 0 Å². The first-order valence-electron chi connectivity index (χ1n) is 10.4. The fourth-order valence-electron chi connectivity index (χ4n) is 3.70. The number of nitrogens with zero attached hydrogens (tertiary/aromatic N) is 4. The summed E-state index contributed by atoms with van der Waals surface area (Å²) in [5, 5.41) is 15.9. The van der Waals surface area contributed by atoms with Gasteiger partial charge in [-0.05, 0) is 50.1 Å². The SMILES string of the molecule is CCc1nnc(Nc2cccc([C@H]3CCCN(CC(=O)Nc4ccccc4F)C3)n2)s1. The van der Waals surface area contributed by atoms with E-state index in [4.69, 9.17) is 4.98 Å². The van der Waals surface area contributed by atoms with Crippen LogP contribution in [0.2, 0.25) is 0 Å². The van der Waals surface area contributed by atoms with Gasteiger partial charge in [-0.2, -0.15) is 0 Å². The zero-order valence-electron chi connectivity index (χ0n) is 17.3. The van der Waals surface area contributed by atoms with Crippen molar-refractivity contribution in [3.63, 3.8) is 0 Å². The van der Waals surface area contributed by atoms with Crippen LogP contribution in [0.5, 0.6) is 0 Å². The topological polar surface area (TPSA) is 83.0 Å². The van der Waals surface area contributed by atoms with Crippen molar-refractivity contribution >= 4 is 33.9 Å². The van der Waals surface area contributed by atoms with Gasteiger partial charge in [0.05, 0.1) is 12.2 Å². The Kier molecular flexibility index (Phi) is 6.83. The molecule has 1 aliphatic rings. The van der Waals surface area contributed by atoms with E-state index in [1.807, 2.05) is 18.2 Å². The molecule has 0 spiro atoms. The first-order valence-corrected chi connectivity index (χ1v) is 11.3. The summed E-state index contributed by atoms with van der Waals surface area (Å²) in [6.07, 6.45) is 2.85. The summed E-state index contributed by atoms with van der Waals surface area (Å²) in [6.45, 7) is 3.85. The van der Waals surface area contributed by atoms with Crippen molar-refractivity contribution < 1.29 is 9.18 Å². The van der Waals surface area contributed by atoms with Crippen LogP contribution >= 0.6 is 11.3 Å². The van der Waals surface area contributed by atoms with Gasteiger partial charge in [-0.3, -0.25) is 9.69 Å². The molecule has 1 atom stereocenters. The van der Waals surface area contributed by atoms with E-state index in [1.54, 1.807) is 18.2 Å². The van der Waals surface area contributed by atoms with Crippen molar-refractivity contribution in [3.8, 4) is 0 Å². The molecule has 2 aromatic heterocycles. The molecule has 1 fully saturated rings. The number of aryl methyl sites for hydroxylation is 1. The van der Waals surface area contributed by atoms with Gasteiger partial charge in [-0.15, -0.1) is 10.2 Å². The number of nitrogens with one attached hydrogen (secondary N) is 2. The van der Waals surface area contributed by atoms with E-state index in [2.05, 4.69) is 32.7 Å². The van der Waals surface area contributed by atoms with E-state index >= 15 is 0 Å². The van der Waals surface area contributed by atoms with E-state index in [0.29, 0.717) is 0 Å². The second kappa shape index (κ2) is 9.93. The normalized spacial score (nSPS) is 16.8. The maximum atomic E-state index is 13.8. The Balaban J connectivity index is 1.37. The summed E-state index contributed by atoms with van der Waals surface area (Å²) >= 11 is 1.53. The third kappa shape index (κ3) is 5.62. The minimum atomic E-state index is -0.428. The number of halogens is 1. The molecule has 9 heteroatoms. The van der Waals surface area contributed by atoms with Gasteiger partial charge in [0.2, 0.25) is 11.0 Å². The summed E-state index contributed by atoms with van der Waals surface area (Å²) in [5.74, 6) is 0.336. The second-order valence-corrected chi connectivity index (χ2v) is 8.59. The number of pyridine rings is 1. The standard InChI is InChI=1S/C22H25FN6OS/c1-2-21-27-28-22(31-21)26-19-11-5-10-17(24-19)15-7-6-12-29(13-15)14-20(30)25-18-9-4-3-8-16(18)23/h3-5,8-11,15H,2,6-7,12-14H2,1H3,(H,25,30)(H,24,26,28)/t15-/m0/s1. The quantitative estimate of drug-likeness (QED) is 0.573. The Bertz CT molecular complexity index is 1040. The largest absolute Gasteiger partial charge is 0.322 e. The van der Waals surface area contributed by atoms with Crippen LogP contribution in [-0.2, 0) is 11.2 Å². The van der Waals surface area contributed by atoms with E-state index in [-0.39, 0.29) is 24.1 Å². The van der Waals surface area contributed by atoms with Gasteiger partial charge >= 0.3 is 0 Å². The molecule has 1 aromatic carbocycles. The van der Waals surface area contributed by atoms with Gasteiger partial charge < -0.3 is 10.6 Å². The Morgan fingerprint density at radius 2 is 2.10 bits per heavy atom. The number of hydrogen-bond donors (Lipinski definition) is 2. The molecule has 3 heterocycles. The van der Waals surface area contributed by atoms with Gasteiger partial charge in [0.1, 0.15) is 16.6 Å². The molecule has 4 rings (SSSR count). The fraction of sp³-hybridized carbons (Fsp3) is 0.364. The third-order valence-electron chi connectivity index (χ3n) is 5.21. The Hall–Kier alpha value is -2.91. The molecule has 1 amide bonds. The molecule has 0 saturated carbocycles. The van der Waals surface area contributed by atoms with Crippen LogP contribution in [0, 0.1) is 5.82 Å². The zero-order chi connectivity index (χ0) is 21.6. The molecule has 3 aromatic rings. The molecule has 162 valence electrons. The second-order valence-electron chi connectivity index (χ2n) is 7.53. The number of amides is 1. The number of benzene rings is 1. The lowest BCUT2D eigenvalue weighted by atomic mass is 9.94. The first kappa shape index (κ1) is 21.3. The van der Waals surface area contributed by atoms with Gasteiger partial charge in [0, 0.05) is 18.2 Å². The highest BCUT2D eigenvalue weighted by molar-refractivity contribution is 7.15. The van der Waals surface area contributed by atoms with Crippen LogP contribution in [-0.4, -0.2) is 45.6 Å². The van der Waals surface area contributed by atoms with Gasteiger partial charge in [0.25, 0.3) is 0 Å². The fourth-order valence-corrected chi connectivity index (χ4v) is 4.39. The van der Waals surface area contributed by atoms with Crippen molar-refractivity contribution in [1.82, 2.24) is 20.1 Å². The minimum Gasteiger partial charge on any atom is -0.322 e. The maximum Gasteiger partial charge on any atom is 0.238 e. The van der Waals surface area contributed by atoms with Crippen molar-refractivity contribution in [2.75, 3.05) is 30.3 Å². The molecule has 1 aliphatic heterocycles. The number of para-hydroxylation sites is 1. The Morgan fingerprint density at radius 1 is 1.23 bits per heavy atom. The van der Waals surface area contributed by atoms with Crippen LogP contribution in [0.4, 0.5) is 21.0 Å². The van der Waals surface area contributed by atoms with Crippen molar-refractivity contribution in [1.29, 1.82) is 0 Å². The lowest BCUT2D eigenvalue weighted by molar-refractivity contribution is -0.117. The van der Waals surface area contributed by atoms with Gasteiger partial charge in [-0.1, -0.05) is 36.5 Å². The van der Waals surface area contributed by atoms with Gasteiger partial charge in [-0.25, -0.2) is 9.37 Å². The van der Waals surface area contributed by atoms with Crippen LogP contribution in [0.1, 0.15) is 36.4 Å². The van der Waals surface area contributed by atoms with E-state index in [9.17, 15) is 9.18 Å². The first-order chi connectivity index (χ1) is 15.1. The Labute approximate surface area is 184 Å². The van der Waals surface area contributed by atoms with E-state index in [1.165, 1.54) is 17.4 Å². The smallest absolute Gasteiger partial charge is 0.238 e. The maximum absolute atomic E-state index is 13.8. The number of anilines is 3. The Morgan fingerprint density at radius 3 is 2.90 bits per heavy atom. The molecular formula is C22H25FN6OS.